The second-order valence-corrected chi connectivity index (χ2v) is 6.38. The summed E-state index contributed by atoms with van der Waals surface area (Å²) in [7, 11) is 0. The van der Waals surface area contributed by atoms with Gasteiger partial charge in [0, 0.05) is 5.69 Å². The number of fused-ring (bicyclic) bond motifs is 1. The number of aliphatic carboxylic acids is 1. The Morgan fingerprint density at radius 2 is 2.08 bits per heavy atom. The van der Waals surface area contributed by atoms with Gasteiger partial charge < -0.3 is 25.1 Å². The zero-order valence-electron chi connectivity index (χ0n) is 13.5. The van der Waals surface area contributed by atoms with Crippen LogP contribution in [0.4, 0.5) is 5.69 Å². The number of aliphatic hydroxyl groups is 1. The molecule has 1 fully saturated rings. The molecule has 0 spiro atoms. The molecule has 0 aliphatic carbocycles. The minimum Gasteiger partial charge on any atom is -0.543 e. The zero-order chi connectivity index (χ0) is 17.4. The molecule has 0 aromatic heterocycles. The molecular formula is C15H13N2NaO6S. The van der Waals surface area contributed by atoms with Gasteiger partial charge in [-0.05, 0) is 31.2 Å². The van der Waals surface area contributed by atoms with Crippen molar-refractivity contribution in [2.45, 2.75) is 18.4 Å². The Labute approximate surface area is 169 Å². The summed E-state index contributed by atoms with van der Waals surface area (Å²) in [4.78, 5) is 34.9. The van der Waals surface area contributed by atoms with Gasteiger partial charge in [-0.2, -0.15) is 0 Å². The van der Waals surface area contributed by atoms with Crippen LogP contribution >= 0.6 is 11.8 Å². The Balaban J connectivity index is 0.00000225. The van der Waals surface area contributed by atoms with Crippen LogP contribution in [0.3, 0.4) is 0 Å². The maximum atomic E-state index is 12.0. The van der Waals surface area contributed by atoms with Crippen LogP contribution in [0.5, 0.6) is 5.75 Å². The number of hydrogen-bond donors (Lipinski definition) is 2. The SMILES string of the molecule is C[C@@H](O)[C@H]1C(=O)N2C(C(=O)[O-])=C(Oc3ccc(NC=O)cc3)S[C@H]12.[Na+]. The summed E-state index contributed by atoms with van der Waals surface area (Å²) < 4.78 is 5.57. The molecule has 0 radical (unpaired) electrons. The van der Waals surface area contributed by atoms with E-state index >= 15 is 0 Å². The minimum absolute atomic E-state index is 0. The number of rotatable bonds is 6. The molecule has 2 N–H and O–H groups in total. The van der Waals surface area contributed by atoms with Crippen molar-refractivity contribution in [2.24, 2.45) is 5.92 Å². The fraction of sp³-hybridized carbons (Fsp3) is 0.267. The molecule has 0 saturated carbocycles. The Morgan fingerprint density at radius 1 is 1.44 bits per heavy atom. The van der Waals surface area contributed by atoms with Crippen molar-refractivity contribution < 1.29 is 58.9 Å². The van der Waals surface area contributed by atoms with Gasteiger partial charge in [-0.3, -0.25) is 14.5 Å². The number of carboxylic acid groups (broad SMARTS) is 1. The molecule has 2 heterocycles. The van der Waals surface area contributed by atoms with Crippen molar-refractivity contribution in [3.05, 3.63) is 35.1 Å². The zero-order valence-corrected chi connectivity index (χ0v) is 16.3. The molecule has 126 valence electrons. The van der Waals surface area contributed by atoms with E-state index in [1.807, 2.05) is 0 Å². The number of anilines is 1. The van der Waals surface area contributed by atoms with Crippen LogP contribution in [0.25, 0.3) is 0 Å². The average molecular weight is 372 g/mol. The first-order valence-electron chi connectivity index (χ1n) is 7.05. The van der Waals surface area contributed by atoms with Gasteiger partial charge in [0.1, 0.15) is 16.8 Å². The smallest absolute Gasteiger partial charge is 0.543 e. The largest absolute Gasteiger partial charge is 1.00 e. The third-order valence-electron chi connectivity index (χ3n) is 3.75. The Morgan fingerprint density at radius 3 is 2.60 bits per heavy atom. The van der Waals surface area contributed by atoms with Crippen LogP contribution in [-0.2, 0) is 14.4 Å². The van der Waals surface area contributed by atoms with E-state index in [-0.39, 0.29) is 40.3 Å². The number of nitrogens with one attached hydrogen (secondary N) is 1. The molecule has 0 bridgehead atoms. The first kappa shape index (κ1) is 19.8. The molecule has 0 unspecified atom stereocenters. The topological polar surface area (TPSA) is 119 Å². The molecule has 1 saturated heterocycles. The Bertz CT molecular complexity index is 736. The van der Waals surface area contributed by atoms with E-state index < -0.39 is 29.3 Å². The maximum Gasteiger partial charge on any atom is 1.00 e. The van der Waals surface area contributed by atoms with E-state index in [9.17, 15) is 24.6 Å². The van der Waals surface area contributed by atoms with E-state index in [1.165, 1.54) is 6.92 Å². The summed E-state index contributed by atoms with van der Waals surface area (Å²) in [5.41, 5.74) is 0.223. The molecule has 25 heavy (non-hydrogen) atoms. The number of benzene rings is 1. The van der Waals surface area contributed by atoms with Gasteiger partial charge in [0.25, 0.3) is 0 Å². The normalized spacial score (nSPS) is 22.5. The number of carboxylic acids is 1. The molecule has 1 aromatic carbocycles. The van der Waals surface area contributed by atoms with Crippen LogP contribution in [0.1, 0.15) is 6.92 Å². The number of amides is 2. The second-order valence-electron chi connectivity index (χ2n) is 5.30. The average Bonchev–Trinajstić information content (AvgIpc) is 2.83. The first-order valence-corrected chi connectivity index (χ1v) is 7.93. The van der Waals surface area contributed by atoms with E-state index in [0.717, 1.165) is 16.7 Å². The minimum atomic E-state index is -1.52. The molecule has 3 rings (SSSR count). The van der Waals surface area contributed by atoms with Gasteiger partial charge in [-0.1, -0.05) is 11.8 Å². The van der Waals surface area contributed by atoms with Crippen LogP contribution < -0.4 is 44.7 Å². The van der Waals surface area contributed by atoms with Crippen molar-refractivity contribution in [3.8, 4) is 5.75 Å². The number of β-lactam (4-membered cyclic amide) rings is 1. The molecule has 2 aliphatic heterocycles. The van der Waals surface area contributed by atoms with Crippen molar-refractivity contribution >= 4 is 35.7 Å². The Kier molecular flexibility index (Phi) is 6.17. The van der Waals surface area contributed by atoms with Crippen LogP contribution in [-0.4, -0.2) is 39.8 Å². The van der Waals surface area contributed by atoms with E-state index in [0.29, 0.717) is 17.8 Å². The Hall–Kier alpha value is -1.52. The summed E-state index contributed by atoms with van der Waals surface area (Å²) in [6, 6.07) is 6.27. The fourth-order valence-corrected chi connectivity index (χ4v) is 4.07. The predicted octanol–water partition coefficient (Wildman–Crippen LogP) is -3.53. The number of carbonyl (C=O) groups is 3. The summed E-state index contributed by atoms with van der Waals surface area (Å²) in [5.74, 6) is -2.32. The number of hydrogen-bond acceptors (Lipinski definition) is 7. The van der Waals surface area contributed by atoms with Gasteiger partial charge >= 0.3 is 29.6 Å². The molecular weight excluding hydrogens is 359 g/mol. The predicted molar refractivity (Wildman–Crippen MR) is 82.2 cm³/mol. The second kappa shape index (κ2) is 7.79. The van der Waals surface area contributed by atoms with Crippen LogP contribution in [0, 0.1) is 5.92 Å². The summed E-state index contributed by atoms with van der Waals surface area (Å²) >= 11 is 1.06. The molecule has 8 nitrogen and oxygen atoms in total. The van der Waals surface area contributed by atoms with E-state index in [2.05, 4.69) is 5.32 Å². The number of carbonyl (C=O) groups excluding carboxylic acids is 3. The molecule has 2 amide bonds. The van der Waals surface area contributed by atoms with Crippen molar-refractivity contribution in [1.29, 1.82) is 0 Å². The fourth-order valence-electron chi connectivity index (χ4n) is 2.61. The number of aliphatic hydroxyl groups excluding tert-OH is 1. The molecule has 2 aliphatic rings. The van der Waals surface area contributed by atoms with E-state index in [1.54, 1.807) is 24.3 Å². The first-order chi connectivity index (χ1) is 11.4. The van der Waals surface area contributed by atoms with Crippen LogP contribution in [0.2, 0.25) is 0 Å². The molecule has 10 heteroatoms. The number of ether oxygens (including phenoxy) is 1. The quantitative estimate of drug-likeness (QED) is 0.302. The van der Waals surface area contributed by atoms with Crippen LogP contribution in [0.15, 0.2) is 35.1 Å². The van der Waals surface area contributed by atoms with Gasteiger partial charge in [-0.25, -0.2) is 0 Å². The summed E-state index contributed by atoms with van der Waals surface area (Å²) in [6.45, 7) is 1.48. The number of nitrogens with zero attached hydrogens (tertiary/aromatic N) is 1. The maximum absolute atomic E-state index is 12.0. The molecule has 1 aromatic rings. The van der Waals surface area contributed by atoms with Crippen molar-refractivity contribution in [2.75, 3.05) is 5.32 Å². The number of thioether (sulfide) groups is 1. The van der Waals surface area contributed by atoms with Gasteiger partial charge in [0.05, 0.1) is 18.0 Å². The van der Waals surface area contributed by atoms with Crippen molar-refractivity contribution in [1.82, 2.24) is 4.90 Å². The van der Waals surface area contributed by atoms with Gasteiger partial charge in [-0.15, -0.1) is 0 Å². The monoisotopic (exact) mass is 372 g/mol. The van der Waals surface area contributed by atoms with E-state index in [4.69, 9.17) is 4.74 Å². The standard InChI is InChI=1S/C15H14N2O6S.Na/c1-7(19)10-12(20)17-11(14(21)22)15(24-13(10)17)23-9-4-2-8(3-5-9)16-6-18;/h2-7,10,13,19H,1H3,(H,16,18)(H,21,22);/q;+1/p-1/t7-,10+,13-;/m1./s1. The van der Waals surface area contributed by atoms with Gasteiger partial charge in [0.2, 0.25) is 12.3 Å². The summed E-state index contributed by atoms with van der Waals surface area (Å²) in [6.07, 6.45) is -0.353. The van der Waals surface area contributed by atoms with Crippen molar-refractivity contribution in [3.63, 3.8) is 0 Å². The molecule has 3 atom stereocenters. The third kappa shape index (κ3) is 3.56. The summed E-state index contributed by atoms with van der Waals surface area (Å²) in [5, 5.41) is 23.0. The third-order valence-corrected chi connectivity index (χ3v) is 4.99. The van der Waals surface area contributed by atoms with Gasteiger partial charge in [0.15, 0.2) is 5.09 Å².